The van der Waals surface area contributed by atoms with Gasteiger partial charge in [-0.1, -0.05) is 44.2 Å². The van der Waals surface area contributed by atoms with Crippen LogP contribution in [-0.2, 0) is 0 Å². The number of amidine groups is 1. The second-order valence-corrected chi connectivity index (χ2v) is 4.28. The zero-order valence-corrected chi connectivity index (χ0v) is 10.8. The predicted molar refractivity (Wildman–Crippen MR) is 73.3 cm³/mol. The van der Waals surface area contributed by atoms with Gasteiger partial charge in [-0.15, -0.1) is 0 Å². The molecule has 0 saturated carbocycles. The standard InChI is InChI=1S/C14H23N3/c1-3-10-17(4-2)13(11-14(15)16)12-8-6-5-7-9-12/h5-9,13H,3-4,10-11H2,1-2H3,(H3,15,16). The van der Waals surface area contributed by atoms with Gasteiger partial charge in [0, 0.05) is 12.5 Å². The van der Waals surface area contributed by atoms with Gasteiger partial charge in [-0.2, -0.15) is 0 Å². The summed E-state index contributed by atoms with van der Waals surface area (Å²) in [5.41, 5.74) is 6.82. The van der Waals surface area contributed by atoms with E-state index >= 15 is 0 Å². The van der Waals surface area contributed by atoms with E-state index in [9.17, 15) is 0 Å². The van der Waals surface area contributed by atoms with Gasteiger partial charge in [0.15, 0.2) is 0 Å². The zero-order valence-electron chi connectivity index (χ0n) is 10.8. The number of benzene rings is 1. The number of hydrogen-bond donors (Lipinski definition) is 2. The molecule has 3 nitrogen and oxygen atoms in total. The van der Waals surface area contributed by atoms with Crippen molar-refractivity contribution >= 4 is 5.84 Å². The molecular weight excluding hydrogens is 210 g/mol. The Balaban J connectivity index is 2.89. The van der Waals surface area contributed by atoms with E-state index < -0.39 is 0 Å². The quantitative estimate of drug-likeness (QED) is 0.562. The van der Waals surface area contributed by atoms with Crippen LogP contribution in [0.3, 0.4) is 0 Å². The molecule has 0 aliphatic rings. The molecular formula is C14H23N3. The van der Waals surface area contributed by atoms with Gasteiger partial charge in [-0.3, -0.25) is 10.3 Å². The molecule has 17 heavy (non-hydrogen) atoms. The van der Waals surface area contributed by atoms with Gasteiger partial charge >= 0.3 is 0 Å². The molecule has 0 aliphatic heterocycles. The number of nitrogens with one attached hydrogen (secondary N) is 1. The summed E-state index contributed by atoms with van der Waals surface area (Å²) >= 11 is 0. The van der Waals surface area contributed by atoms with Crippen LogP contribution in [0.1, 0.15) is 38.3 Å². The number of rotatable bonds is 7. The van der Waals surface area contributed by atoms with Crippen molar-refractivity contribution in [2.75, 3.05) is 13.1 Å². The Kier molecular flexibility index (Phi) is 5.70. The highest BCUT2D eigenvalue weighted by atomic mass is 15.1. The van der Waals surface area contributed by atoms with Gasteiger partial charge in [-0.25, -0.2) is 0 Å². The van der Waals surface area contributed by atoms with E-state index in [-0.39, 0.29) is 11.9 Å². The summed E-state index contributed by atoms with van der Waals surface area (Å²) in [7, 11) is 0. The number of nitrogens with two attached hydrogens (primary N) is 1. The van der Waals surface area contributed by atoms with Crippen molar-refractivity contribution < 1.29 is 0 Å². The predicted octanol–water partition coefficient (Wildman–Crippen LogP) is 2.79. The molecule has 1 atom stereocenters. The van der Waals surface area contributed by atoms with Gasteiger partial charge in [0.1, 0.15) is 0 Å². The Hall–Kier alpha value is -1.35. The second-order valence-electron chi connectivity index (χ2n) is 4.28. The van der Waals surface area contributed by atoms with Crippen LogP contribution in [0, 0.1) is 5.41 Å². The highest BCUT2D eigenvalue weighted by Gasteiger charge is 2.19. The van der Waals surface area contributed by atoms with Crippen molar-refractivity contribution in [2.45, 2.75) is 32.7 Å². The third-order valence-electron chi connectivity index (χ3n) is 2.96. The fraction of sp³-hybridized carbons (Fsp3) is 0.500. The number of hydrogen-bond acceptors (Lipinski definition) is 2. The topological polar surface area (TPSA) is 53.1 Å². The molecule has 3 N–H and O–H groups in total. The molecule has 0 bridgehead atoms. The Morgan fingerprint density at radius 2 is 1.94 bits per heavy atom. The minimum Gasteiger partial charge on any atom is -0.388 e. The zero-order chi connectivity index (χ0) is 12.7. The average Bonchev–Trinajstić information content (AvgIpc) is 2.34. The van der Waals surface area contributed by atoms with Crippen LogP contribution in [0.2, 0.25) is 0 Å². The van der Waals surface area contributed by atoms with E-state index in [2.05, 4.69) is 30.9 Å². The van der Waals surface area contributed by atoms with Crippen LogP contribution >= 0.6 is 0 Å². The van der Waals surface area contributed by atoms with Crippen molar-refractivity contribution in [3.8, 4) is 0 Å². The second kappa shape index (κ2) is 7.07. The summed E-state index contributed by atoms with van der Waals surface area (Å²) in [6.07, 6.45) is 1.73. The molecule has 1 rings (SSSR count). The SMILES string of the molecule is CCCN(CC)C(CC(=N)N)c1ccccc1. The first kappa shape index (κ1) is 13.7. The molecule has 0 radical (unpaired) electrons. The van der Waals surface area contributed by atoms with Crippen molar-refractivity contribution in [3.05, 3.63) is 35.9 Å². The maximum Gasteiger partial charge on any atom is 0.0924 e. The molecule has 0 fully saturated rings. The lowest BCUT2D eigenvalue weighted by Gasteiger charge is -2.30. The summed E-state index contributed by atoms with van der Waals surface area (Å²) in [4.78, 5) is 2.39. The fourth-order valence-corrected chi connectivity index (χ4v) is 2.16. The molecule has 0 amide bonds. The third kappa shape index (κ3) is 4.19. The van der Waals surface area contributed by atoms with Gasteiger partial charge in [-0.05, 0) is 25.1 Å². The highest BCUT2D eigenvalue weighted by molar-refractivity contribution is 5.77. The first-order valence-electron chi connectivity index (χ1n) is 6.30. The molecule has 1 unspecified atom stereocenters. The third-order valence-corrected chi connectivity index (χ3v) is 2.96. The largest absolute Gasteiger partial charge is 0.388 e. The summed E-state index contributed by atoms with van der Waals surface area (Å²) in [5, 5.41) is 7.53. The van der Waals surface area contributed by atoms with Gasteiger partial charge in [0.05, 0.1) is 5.84 Å². The molecule has 0 heterocycles. The Bertz CT molecular complexity index is 335. The molecule has 0 spiro atoms. The van der Waals surface area contributed by atoms with E-state index in [0.29, 0.717) is 6.42 Å². The minimum absolute atomic E-state index is 0.235. The fourth-order valence-electron chi connectivity index (χ4n) is 2.16. The molecule has 3 heteroatoms. The van der Waals surface area contributed by atoms with Gasteiger partial charge in [0.2, 0.25) is 0 Å². The smallest absolute Gasteiger partial charge is 0.0924 e. The van der Waals surface area contributed by atoms with Crippen molar-refractivity contribution in [2.24, 2.45) is 5.73 Å². The first-order chi connectivity index (χ1) is 8.19. The van der Waals surface area contributed by atoms with Crippen LogP contribution < -0.4 is 5.73 Å². The molecule has 0 aromatic heterocycles. The summed E-state index contributed by atoms with van der Waals surface area (Å²) in [5.74, 6) is 0.258. The molecule has 1 aromatic rings. The van der Waals surface area contributed by atoms with Crippen LogP contribution in [0.15, 0.2) is 30.3 Å². The van der Waals surface area contributed by atoms with E-state index in [4.69, 9.17) is 11.1 Å². The highest BCUT2D eigenvalue weighted by Crippen LogP contribution is 2.23. The Labute approximate surface area is 104 Å². The van der Waals surface area contributed by atoms with Crippen LogP contribution in [-0.4, -0.2) is 23.8 Å². The lowest BCUT2D eigenvalue weighted by molar-refractivity contribution is 0.212. The van der Waals surface area contributed by atoms with Crippen molar-refractivity contribution in [3.63, 3.8) is 0 Å². The summed E-state index contributed by atoms with van der Waals surface area (Å²) in [6, 6.07) is 10.6. The minimum atomic E-state index is 0.235. The monoisotopic (exact) mass is 233 g/mol. The lowest BCUT2D eigenvalue weighted by atomic mass is 10.0. The lowest BCUT2D eigenvalue weighted by Crippen LogP contribution is -2.32. The molecule has 0 aliphatic carbocycles. The van der Waals surface area contributed by atoms with Crippen molar-refractivity contribution in [1.29, 1.82) is 5.41 Å². The normalized spacial score (nSPS) is 12.6. The maximum absolute atomic E-state index is 7.53. The van der Waals surface area contributed by atoms with Crippen LogP contribution in [0.25, 0.3) is 0 Å². The van der Waals surface area contributed by atoms with E-state index in [1.165, 1.54) is 5.56 Å². The van der Waals surface area contributed by atoms with E-state index in [1.54, 1.807) is 0 Å². The molecule has 94 valence electrons. The van der Waals surface area contributed by atoms with Crippen LogP contribution in [0.4, 0.5) is 0 Å². The molecule has 1 aromatic carbocycles. The van der Waals surface area contributed by atoms with Gasteiger partial charge in [0.25, 0.3) is 0 Å². The summed E-state index contributed by atoms with van der Waals surface area (Å²) < 4.78 is 0. The Morgan fingerprint density at radius 3 is 2.41 bits per heavy atom. The average molecular weight is 233 g/mol. The van der Waals surface area contributed by atoms with Crippen molar-refractivity contribution in [1.82, 2.24) is 4.90 Å². The van der Waals surface area contributed by atoms with E-state index in [0.717, 1.165) is 19.5 Å². The number of nitrogens with zero attached hydrogens (tertiary/aromatic N) is 1. The van der Waals surface area contributed by atoms with Gasteiger partial charge < -0.3 is 5.73 Å². The maximum atomic E-state index is 7.53. The first-order valence-corrected chi connectivity index (χ1v) is 6.30. The van der Waals surface area contributed by atoms with Crippen LogP contribution in [0.5, 0.6) is 0 Å². The molecule has 0 saturated heterocycles. The Morgan fingerprint density at radius 1 is 1.29 bits per heavy atom. The summed E-state index contributed by atoms with van der Waals surface area (Å²) in [6.45, 7) is 6.37. The van der Waals surface area contributed by atoms with E-state index in [1.807, 2.05) is 18.2 Å².